The van der Waals surface area contributed by atoms with Crippen LogP contribution < -0.4 is 10.6 Å². The third-order valence-electron chi connectivity index (χ3n) is 2.57. The number of carboxylic acids is 1. The minimum absolute atomic E-state index is 0.315. The van der Waals surface area contributed by atoms with E-state index in [1.165, 1.54) is 0 Å². The van der Waals surface area contributed by atoms with Gasteiger partial charge in [0.2, 0.25) is 0 Å². The summed E-state index contributed by atoms with van der Waals surface area (Å²) in [6.45, 7) is 4.73. The second kappa shape index (κ2) is 7.89. The Balaban J connectivity index is 3.75. The van der Waals surface area contributed by atoms with Crippen LogP contribution in [0.3, 0.4) is 0 Å². The van der Waals surface area contributed by atoms with Crippen molar-refractivity contribution in [1.82, 2.24) is 15.5 Å². The Bertz CT molecular complexity index is 256. The van der Waals surface area contributed by atoms with Gasteiger partial charge in [0.1, 0.15) is 0 Å². The molecule has 0 saturated heterocycles. The van der Waals surface area contributed by atoms with E-state index in [4.69, 9.17) is 5.11 Å². The molecule has 0 spiro atoms. The smallest absolute Gasteiger partial charge is 0.315 e. The zero-order valence-corrected chi connectivity index (χ0v) is 11.0. The van der Waals surface area contributed by atoms with Crippen LogP contribution in [-0.4, -0.2) is 55.2 Å². The van der Waals surface area contributed by atoms with Crippen LogP contribution in [0.2, 0.25) is 0 Å². The average molecular weight is 245 g/mol. The highest BCUT2D eigenvalue weighted by Crippen LogP contribution is 2.01. The summed E-state index contributed by atoms with van der Waals surface area (Å²) in [6, 6.07) is -0.703. The number of nitrogens with zero attached hydrogens (tertiary/aromatic N) is 1. The van der Waals surface area contributed by atoms with Gasteiger partial charge in [-0.1, -0.05) is 0 Å². The zero-order valence-electron chi connectivity index (χ0n) is 11.0. The van der Waals surface area contributed by atoms with Crippen LogP contribution in [0.25, 0.3) is 0 Å². The quantitative estimate of drug-likeness (QED) is 0.565. The molecule has 0 aliphatic rings. The van der Waals surface area contributed by atoms with E-state index in [9.17, 15) is 9.59 Å². The van der Waals surface area contributed by atoms with Crippen molar-refractivity contribution in [2.75, 3.05) is 27.2 Å². The van der Waals surface area contributed by atoms with Crippen molar-refractivity contribution in [3.8, 4) is 0 Å². The molecule has 6 heteroatoms. The van der Waals surface area contributed by atoms with Crippen LogP contribution in [-0.2, 0) is 4.79 Å². The lowest BCUT2D eigenvalue weighted by Gasteiger charge is -2.18. The van der Waals surface area contributed by atoms with Gasteiger partial charge in [-0.3, -0.25) is 4.79 Å². The summed E-state index contributed by atoms with van der Waals surface area (Å²) >= 11 is 0. The Kier molecular flexibility index (Phi) is 7.29. The Labute approximate surface area is 102 Å². The van der Waals surface area contributed by atoms with E-state index < -0.39 is 11.9 Å². The zero-order chi connectivity index (χ0) is 13.4. The van der Waals surface area contributed by atoms with Crippen LogP contribution in [0.4, 0.5) is 4.79 Å². The van der Waals surface area contributed by atoms with Crippen molar-refractivity contribution in [2.45, 2.75) is 26.3 Å². The fourth-order valence-corrected chi connectivity index (χ4v) is 1.19. The minimum atomic E-state index is -0.912. The Morgan fingerprint density at radius 3 is 2.35 bits per heavy atom. The van der Waals surface area contributed by atoms with Gasteiger partial charge in [0.15, 0.2) is 0 Å². The predicted octanol–water partition coefficient (Wildman–Crippen LogP) is 0.347. The molecule has 2 amide bonds. The molecule has 0 aromatic rings. The molecule has 0 saturated carbocycles. The van der Waals surface area contributed by atoms with Crippen LogP contribution >= 0.6 is 0 Å². The van der Waals surface area contributed by atoms with E-state index in [0.29, 0.717) is 6.54 Å². The van der Waals surface area contributed by atoms with E-state index >= 15 is 0 Å². The molecule has 0 aliphatic heterocycles. The Morgan fingerprint density at radius 1 is 1.29 bits per heavy atom. The molecule has 2 unspecified atom stereocenters. The van der Waals surface area contributed by atoms with Crippen molar-refractivity contribution >= 4 is 12.0 Å². The standard InChI is InChI=1S/C11H23N3O3/c1-8(10(15)16)9(2)13-11(17)12-6-5-7-14(3)4/h8-9H,5-7H2,1-4H3,(H,15,16)(H2,12,13,17). The lowest BCUT2D eigenvalue weighted by Crippen LogP contribution is -2.45. The first-order valence-corrected chi connectivity index (χ1v) is 5.76. The third kappa shape index (κ3) is 7.57. The number of rotatable bonds is 7. The van der Waals surface area contributed by atoms with Crippen LogP contribution in [0.5, 0.6) is 0 Å². The lowest BCUT2D eigenvalue weighted by molar-refractivity contribution is -0.141. The fraction of sp³-hybridized carbons (Fsp3) is 0.818. The van der Waals surface area contributed by atoms with Crippen LogP contribution in [0, 0.1) is 5.92 Å². The molecule has 0 heterocycles. The van der Waals surface area contributed by atoms with Crippen molar-refractivity contribution < 1.29 is 14.7 Å². The second-order valence-corrected chi connectivity index (χ2v) is 4.47. The van der Waals surface area contributed by atoms with Gasteiger partial charge in [-0.2, -0.15) is 0 Å². The summed E-state index contributed by atoms with van der Waals surface area (Å²) in [4.78, 5) is 24.1. The number of carbonyl (C=O) groups excluding carboxylic acids is 1. The minimum Gasteiger partial charge on any atom is -0.481 e. The number of carboxylic acid groups (broad SMARTS) is 1. The molecule has 3 N–H and O–H groups in total. The number of urea groups is 1. The molecule has 100 valence electrons. The average Bonchev–Trinajstić information content (AvgIpc) is 2.22. The Hall–Kier alpha value is -1.30. The van der Waals surface area contributed by atoms with Crippen molar-refractivity contribution in [3.63, 3.8) is 0 Å². The fourth-order valence-electron chi connectivity index (χ4n) is 1.19. The van der Waals surface area contributed by atoms with Gasteiger partial charge >= 0.3 is 12.0 Å². The van der Waals surface area contributed by atoms with E-state index in [0.717, 1.165) is 13.0 Å². The number of aliphatic carboxylic acids is 1. The van der Waals surface area contributed by atoms with Crippen LogP contribution in [0.1, 0.15) is 20.3 Å². The molecule has 17 heavy (non-hydrogen) atoms. The number of hydrogen-bond acceptors (Lipinski definition) is 3. The highest BCUT2D eigenvalue weighted by atomic mass is 16.4. The number of hydrogen-bond donors (Lipinski definition) is 3. The first-order chi connectivity index (χ1) is 7.84. The predicted molar refractivity (Wildman–Crippen MR) is 66.0 cm³/mol. The summed E-state index contributed by atoms with van der Waals surface area (Å²) in [6.07, 6.45) is 0.864. The molecule has 0 aromatic carbocycles. The maximum absolute atomic E-state index is 11.4. The summed E-state index contributed by atoms with van der Waals surface area (Å²) in [5.74, 6) is -1.51. The summed E-state index contributed by atoms with van der Waals surface area (Å²) in [7, 11) is 3.94. The first kappa shape index (κ1) is 15.7. The number of carbonyl (C=O) groups is 2. The van der Waals surface area contributed by atoms with Crippen molar-refractivity contribution in [3.05, 3.63) is 0 Å². The molecule has 0 bridgehead atoms. The van der Waals surface area contributed by atoms with E-state index in [1.54, 1.807) is 13.8 Å². The van der Waals surface area contributed by atoms with E-state index in [2.05, 4.69) is 10.6 Å². The number of amides is 2. The maximum Gasteiger partial charge on any atom is 0.315 e. The number of nitrogens with one attached hydrogen (secondary N) is 2. The molecule has 0 radical (unpaired) electrons. The first-order valence-electron chi connectivity index (χ1n) is 5.76. The summed E-state index contributed by atoms with van der Waals surface area (Å²) in [5.41, 5.74) is 0. The third-order valence-corrected chi connectivity index (χ3v) is 2.57. The Morgan fingerprint density at radius 2 is 1.88 bits per heavy atom. The molecule has 0 rings (SSSR count). The summed E-state index contributed by atoms with van der Waals surface area (Å²) in [5, 5.41) is 14.1. The van der Waals surface area contributed by atoms with Gasteiger partial charge in [-0.15, -0.1) is 0 Å². The van der Waals surface area contributed by atoms with Gasteiger partial charge in [0, 0.05) is 12.6 Å². The van der Waals surface area contributed by atoms with Gasteiger partial charge in [-0.05, 0) is 40.9 Å². The molecule has 6 nitrogen and oxygen atoms in total. The van der Waals surface area contributed by atoms with Crippen LogP contribution in [0.15, 0.2) is 0 Å². The van der Waals surface area contributed by atoms with Crippen molar-refractivity contribution in [1.29, 1.82) is 0 Å². The van der Waals surface area contributed by atoms with Gasteiger partial charge in [0.25, 0.3) is 0 Å². The maximum atomic E-state index is 11.4. The highest BCUT2D eigenvalue weighted by Gasteiger charge is 2.20. The largest absolute Gasteiger partial charge is 0.481 e. The molecule has 2 atom stereocenters. The molecule has 0 aromatic heterocycles. The molecule has 0 aliphatic carbocycles. The topological polar surface area (TPSA) is 81.7 Å². The van der Waals surface area contributed by atoms with E-state index in [-0.39, 0.29) is 12.1 Å². The van der Waals surface area contributed by atoms with E-state index in [1.807, 2.05) is 19.0 Å². The second-order valence-electron chi connectivity index (χ2n) is 4.47. The lowest BCUT2D eigenvalue weighted by atomic mass is 10.0. The molecule has 0 fully saturated rings. The van der Waals surface area contributed by atoms with Gasteiger partial charge in [-0.25, -0.2) is 4.79 Å². The normalized spacial score (nSPS) is 14.2. The summed E-state index contributed by atoms with van der Waals surface area (Å²) < 4.78 is 0. The molecular weight excluding hydrogens is 222 g/mol. The van der Waals surface area contributed by atoms with Gasteiger partial charge in [0.05, 0.1) is 5.92 Å². The molecular formula is C11H23N3O3. The highest BCUT2D eigenvalue weighted by molar-refractivity contribution is 5.76. The SMILES string of the molecule is CC(NC(=O)NCCCN(C)C)C(C)C(=O)O. The van der Waals surface area contributed by atoms with Crippen molar-refractivity contribution in [2.24, 2.45) is 5.92 Å². The monoisotopic (exact) mass is 245 g/mol. The van der Waals surface area contributed by atoms with Gasteiger partial charge < -0.3 is 20.6 Å².